The van der Waals surface area contributed by atoms with Gasteiger partial charge in [0.1, 0.15) is 5.57 Å². The van der Waals surface area contributed by atoms with Crippen molar-refractivity contribution in [3.8, 4) is 0 Å². The summed E-state index contributed by atoms with van der Waals surface area (Å²) in [5, 5.41) is 2.46. The molecule has 1 aromatic rings. The van der Waals surface area contributed by atoms with E-state index in [9.17, 15) is 22.8 Å². The van der Waals surface area contributed by atoms with E-state index in [2.05, 4.69) is 5.32 Å². The molecular formula is C16H16F3NO3S2. The zero-order valence-electron chi connectivity index (χ0n) is 13.5. The van der Waals surface area contributed by atoms with Gasteiger partial charge in [-0.1, -0.05) is 0 Å². The summed E-state index contributed by atoms with van der Waals surface area (Å²) in [6.45, 7) is 3.34. The van der Waals surface area contributed by atoms with Gasteiger partial charge in [-0.05, 0) is 38.1 Å². The van der Waals surface area contributed by atoms with Crippen LogP contribution in [0, 0.1) is 0 Å². The van der Waals surface area contributed by atoms with Gasteiger partial charge in [0.05, 0.1) is 15.9 Å². The number of amides is 1. The van der Waals surface area contributed by atoms with Crippen molar-refractivity contribution < 1.29 is 27.5 Å². The lowest BCUT2D eigenvalue weighted by Crippen LogP contribution is -2.25. The third kappa shape index (κ3) is 5.43. The maximum Gasteiger partial charge on any atom is 0.416 e. The van der Waals surface area contributed by atoms with Gasteiger partial charge in [0, 0.05) is 17.2 Å². The second kappa shape index (κ2) is 8.18. The quantitative estimate of drug-likeness (QED) is 0.359. The van der Waals surface area contributed by atoms with Crippen LogP contribution in [0.25, 0.3) is 0 Å². The van der Waals surface area contributed by atoms with Gasteiger partial charge in [0.25, 0.3) is 5.91 Å². The van der Waals surface area contributed by atoms with Crippen LogP contribution in [0.15, 0.2) is 34.1 Å². The molecule has 2 rings (SSSR count). The number of hydrogen-bond acceptors (Lipinski definition) is 5. The molecule has 1 N–H and O–H groups in total. The average molecular weight is 391 g/mol. The maximum atomic E-state index is 12.6. The molecule has 0 aliphatic carbocycles. The van der Waals surface area contributed by atoms with E-state index >= 15 is 0 Å². The van der Waals surface area contributed by atoms with E-state index in [1.807, 2.05) is 0 Å². The summed E-state index contributed by atoms with van der Waals surface area (Å²) in [5.41, 5.74) is -0.757. The Balaban J connectivity index is 2.20. The number of benzene rings is 1. The predicted octanol–water partition coefficient (Wildman–Crippen LogP) is 4.29. The highest BCUT2D eigenvalue weighted by molar-refractivity contribution is 8.25. The van der Waals surface area contributed by atoms with E-state index in [-0.39, 0.29) is 11.3 Å². The Morgan fingerprint density at radius 1 is 1.12 bits per heavy atom. The van der Waals surface area contributed by atoms with Crippen molar-refractivity contribution >= 4 is 41.1 Å². The summed E-state index contributed by atoms with van der Waals surface area (Å²) in [6.07, 6.45) is -4.84. The minimum Gasteiger partial charge on any atom is -0.459 e. The highest BCUT2D eigenvalue weighted by Gasteiger charge is 2.31. The van der Waals surface area contributed by atoms with Gasteiger partial charge < -0.3 is 10.1 Å². The van der Waals surface area contributed by atoms with Crippen molar-refractivity contribution in [2.75, 3.05) is 16.8 Å². The molecule has 0 spiro atoms. The molecule has 136 valence electrons. The Hall–Kier alpha value is -1.61. The summed E-state index contributed by atoms with van der Waals surface area (Å²) >= 11 is 2.77. The number of anilines is 1. The summed E-state index contributed by atoms with van der Waals surface area (Å²) in [4.78, 5) is 24.7. The number of hydrogen-bond donors (Lipinski definition) is 1. The Kier molecular flexibility index (Phi) is 6.45. The fourth-order valence-electron chi connectivity index (χ4n) is 1.93. The van der Waals surface area contributed by atoms with Crippen LogP contribution in [0.1, 0.15) is 19.4 Å². The lowest BCUT2D eigenvalue weighted by Gasteiger charge is -2.13. The molecule has 0 aromatic heterocycles. The first-order valence-corrected chi connectivity index (χ1v) is 9.35. The number of rotatable bonds is 4. The summed E-state index contributed by atoms with van der Waals surface area (Å²) < 4.78 is 43.4. The molecule has 1 amide bonds. The number of carbonyl (C=O) groups is 2. The van der Waals surface area contributed by atoms with Crippen LogP contribution < -0.4 is 5.32 Å². The number of carbonyl (C=O) groups excluding carboxylic acids is 2. The molecule has 4 nitrogen and oxygen atoms in total. The molecule has 0 radical (unpaired) electrons. The molecule has 25 heavy (non-hydrogen) atoms. The molecule has 0 unspecified atom stereocenters. The van der Waals surface area contributed by atoms with E-state index in [1.54, 1.807) is 13.8 Å². The summed E-state index contributed by atoms with van der Waals surface area (Å²) in [6, 6.07) is 4.03. The van der Waals surface area contributed by atoms with E-state index in [0.717, 1.165) is 35.8 Å². The minimum absolute atomic E-state index is 0.110. The van der Waals surface area contributed by atoms with Crippen LogP contribution in [0.5, 0.6) is 0 Å². The van der Waals surface area contributed by atoms with Crippen molar-refractivity contribution in [1.29, 1.82) is 0 Å². The SMILES string of the molecule is CC(C)OC(=O)C(C(=O)Nc1ccc(C(F)(F)F)cc1)=C1SCCS1. The number of alkyl halides is 3. The zero-order valence-corrected chi connectivity index (χ0v) is 15.1. The summed E-state index contributed by atoms with van der Waals surface area (Å²) in [7, 11) is 0. The number of halogens is 3. The van der Waals surface area contributed by atoms with Gasteiger partial charge in [-0.15, -0.1) is 23.5 Å². The highest BCUT2D eigenvalue weighted by Crippen LogP contribution is 2.39. The number of ether oxygens (including phenoxy) is 1. The molecule has 0 saturated carbocycles. The molecule has 1 aliphatic rings. The molecule has 1 saturated heterocycles. The van der Waals surface area contributed by atoms with Crippen molar-refractivity contribution in [3.63, 3.8) is 0 Å². The topological polar surface area (TPSA) is 55.4 Å². The number of nitrogens with one attached hydrogen (secondary N) is 1. The molecule has 1 aromatic carbocycles. The Morgan fingerprint density at radius 3 is 2.16 bits per heavy atom. The Labute approximate surface area is 151 Å². The largest absolute Gasteiger partial charge is 0.459 e. The van der Waals surface area contributed by atoms with E-state index in [1.165, 1.54) is 23.5 Å². The van der Waals surface area contributed by atoms with E-state index in [0.29, 0.717) is 4.24 Å². The Bertz CT molecular complexity index is 677. The standard InChI is InChI=1S/C16H16F3NO3S2/c1-9(2)23-14(22)12(15-24-7-8-25-15)13(21)20-11-5-3-10(4-6-11)16(17,18)19/h3-6,9H,7-8H2,1-2H3,(H,20,21). The molecule has 1 heterocycles. The van der Waals surface area contributed by atoms with Gasteiger partial charge in [0.2, 0.25) is 0 Å². The van der Waals surface area contributed by atoms with Gasteiger partial charge in [-0.3, -0.25) is 4.79 Å². The monoisotopic (exact) mass is 391 g/mol. The maximum absolute atomic E-state index is 12.6. The molecular weight excluding hydrogens is 375 g/mol. The first-order chi connectivity index (χ1) is 11.7. The smallest absolute Gasteiger partial charge is 0.416 e. The Morgan fingerprint density at radius 2 is 1.68 bits per heavy atom. The minimum atomic E-state index is -4.45. The van der Waals surface area contributed by atoms with Gasteiger partial charge in [0.15, 0.2) is 0 Å². The first kappa shape index (κ1) is 19.7. The van der Waals surface area contributed by atoms with Gasteiger partial charge >= 0.3 is 12.1 Å². The number of esters is 1. The van der Waals surface area contributed by atoms with E-state index < -0.39 is 29.7 Å². The fourth-order valence-corrected chi connectivity index (χ4v) is 4.44. The third-order valence-corrected chi connectivity index (χ3v) is 5.71. The zero-order chi connectivity index (χ0) is 18.6. The fraction of sp³-hybridized carbons (Fsp3) is 0.375. The number of thioether (sulfide) groups is 2. The predicted molar refractivity (Wildman–Crippen MR) is 93.2 cm³/mol. The summed E-state index contributed by atoms with van der Waals surface area (Å²) in [5.74, 6) is 0.108. The average Bonchev–Trinajstić information content (AvgIpc) is 3.00. The van der Waals surface area contributed by atoms with Crippen LogP contribution in [0.2, 0.25) is 0 Å². The lowest BCUT2D eigenvalue weighted by molar-refractivity contribution is -0.143. The van der Waals surface area contributed by atoms with Crippen LogP contribution in [0.3, 0.4) is 0 Å². The van der Waals surface area contributed by atoms with Gasteiger partial charge in [-0.2, -0.15) is 13.2 Å². The second-order valence-electron chi connectivity index (χ2n) is 5.34. The highest BCUT2D eigenvalue weighted by atomic mass is 32.2. The van der Waals surface area contributed by atoms with Crippen molar-refractivity contribution in [2.45, 2.75) is 26.1 Å². The van der Waals surface area contributed by atoms with Crippen LogP contribution in [-0.2, 0) is 20.5 Å². The van der Waals surface area contributed by atoms with Crippen LogP contribution in [0.4, 0.5) is 18.9 Å². The second-order valence-corrected chi connectivity index (χ2v) is 7.81. The van der Waals surface area contributed by atoms with Crippen molar-refractivity contribution in [3.05, 3.63) is 39.6 Å². The normalized spacial score (nSPS) is 14.6. The van der Waals surface area contributed by atoms with Gasteiger partial charge in [-0.25, -0.2) is 4.79 Å². The first-order valence-electron chi connectivity index (χ1n) is 7.38. The molecule has 0 bridgehead atoms. The lowest BCUT2D eigenvalue weighted by atomic mass is 10.2. The molecule has 1 fully saturated rings. The van der Waals surface area contributed by atoms with Crippen LogP contribution in [-0.4, -0.2) is 29.5 Å². The molecule has 1 aliphatic heterocycles. The molecule has 9 heteroatoms. The third-order valence-electron chi connectivity index (χ3n) is 3.00. The van der Waals surface area contributed by atoms with Crippen LogP contribution >= 0.6 is 23.5 Å². The molecule has 0 atom stereocenters. The van der Waals surface area contributed by atoms with Crippen molar-refractivity contribution in [2.24, 2.45) is 0 Å². The van der Waals surface area contributed by atoms with Crippen molar-refractivity contribution in [1.82, 2.24) is 0 Å². The van der Waals surface area contributed by atoms with E-state index in [4.69, 9.17) is 4.74 Å².